The molecule has 0 atom stereocenters. The number of carbonyl (C=O) groups is 2. The van der Waals surface area contributed by atoms with E-state index in [9.17, 15) is 0 Å². The van der Waals surface area contributed by atoms with Crippen molar-refractivity contribution in [2.45, 2.75) is 13.8 Å². The van der Waals surface area contributed by atoms with Crippen molar-refractivity contribution >= 4 is 59.6 Å². The van der Waals surface area contributed by atoms with Crippen LogP contribution in [0.3, 0.4) is 0 Å². The average Bonchev–Trinajstić information content (AvgIpc) is 1.25. The molecule has 0 N–H and O–H groups in total. The van der Waals surface area contributed by atoms with Crippen molar-refractivity contribution in [2.75, 3.05) is 0 Å². The van der Waals surface area contributed by atoms with Gasteiger partial charge in [0, 0.05) is 21.8 Å². The largest absolute Gasteiger partial charge is 2.00 e. The molecule has 0 aliphatic rings. The Hall–Kier alpha value is 0.630. The predicted molar refractivity (Wildman–Crippen MR) is 34.0 cm³/mol. The third-order valence-electron chi connectivity index (χ3n) is 0. The zero-order chi connectivity index (χ0) is 7.15. The second-order valence-corrected chi connectivity index (χ2v) is 0.983. The van der Waals surface area contributed by atoms with Crippen LogP contribution in [0.5, 0.6) is 0 Å². The summed E-state index contributed by atoms with van der Waals surface area (Å²) < 4.78 is 0. The number of carbonyl (C=O) groups excluding carboxylic acids is 2. The monoisotopic (exact) mass is 189 g/mol. The predicted octanol–water partition coefficient (Wildman–Crippen LogP) is -2.01. The Morgan fingerprint density at radius 1 is 1.00 bits per heavy atom. The van der Waals surface area contributed by atoms with Gasteiger partial charge in [-0.3, -0.25) is 0 Å². The SMILES string of the molecule is CC(=O)[O-].CC(=O)[O-].[Ca+2].[P]. The van der Waals surface area contributed by atoms with E-state index < -0.39 is 11.9 Å². The van der Waals surface area contributed by atoms with Crippen LogP contribution in [0, 0.1) is 0 Å². The maximum atomic E-state index is 8.89. The average molecular weight is 189 g/mol. The number of carboxylic acids is 2. The molecule has 10 heavy (non-hydrogen) atoms. The van der Waals surface area contributed by atoms with Gasteiger partial charge in [0.15, 0.2) is 0 Å². The Morgan fingerprint density at radius 3 is 1.00 bits per heavy atom. The fraction of sp³-hybridized carbons (Fsp3) is 0.500. The van der Waals surface area contributed by atoms with E-state index in [4.69, 9.17) is 19.8 Å². The molecule has 0 fully saturated rings. The van der Waals surface area contributed by atoms with E-state index in [0.29, 0.717) is 0 Å². The minimum absolute atomic E-state index is 0. The molecule has 0 aromatic heterocycles. The molecule has 0 saturated carbocycles. The summed E-state index contributed by atoms with van der Waals surface area (Å²) in [6.45, 7) is 1.94. The molecule has 3 radical (unpaired) electrons. The van der Waals surface area contributed by atoms with Crippen molar-refractivity contribution in [1.82, 2.24) is 0 Å². The van der Waals surface area contributed by atoms with Gasteiger partial charge in [-0.15, -0.1) is 0 Å². The Bertz CT molecular complexity index is 75.3. The molecule has 0 amide bonds. The van der Waals surface area contributed by atoms with Crippen molar-refractivity contribution in [3.05, 3.63) is 0 Å². The van der Waals surface area contributed by atoms with E-state index in [1.807, 2.05) is 0 Å². The van der Waals surface area contributed by atoms with Crippen molar-refractivity contribution in [1.29, 1.82) is 0 Å². The van der Waals surface area contributed by atoms with E-state index in [0.717, 1.165) is 13.8 Å². The van der Waals surface area contributed by atoms with Gasteiger partial charge in [0.2, 0.25) is 0 Å². The van der Waals surface area contributed by atoms with Gasteiger partial charge in [-0.1, -0.05) is 0 Å². The molecule has 0 aliphatic heterocycles. The fourth-order valence-electron chi connectivity index (χ4n) is 0. The molecule has 0 aromatic rings. The summed E-state index contributed by atoms with van der Waals surface area (Å²) in [5.41, 5.74) is 0. The first-order valence-corrected chi connectivity index (χ1v) is 1.82. The van der Waals surface area contributed by atoms with Crippen LogP contribution in [0.2, 0.25) is 0 Å². The minimum Gasteiger partial charge on any atom is -0.550 e. The molecule has 53 valence electrons. The van der Waals surface area contributed by atoms with Crippen LogP contribution in [-0.4, -0.2) is 49.7 Å². The first-order chi connectivity index (χ1) is 3.46. The number of rotatable bonds is 0. The molecule has 0 bridgehead atoms. The Balaban J connectivity index is -0.0000000300. The number of carboxylic acid groups (broad SMARTS) is 2. The summed E-state index contributed by atoms with van der Waals surface area (Å²) in [6, 6.07) is 0. The molecule has 0 rings (SSSR count). The maximum Gasteiger partial charge on any atom is 2.00 e. The van der Waals surface area contributed by atoms with Gasteiger partial charge in [-0.2, -0.15) is 0 Å². The first-order valence-electron chi connectivity index (χ1n) is 1.82. The van der Waals surface area contributed by atoms with E-state index in [2.05, 4.69) is 0 Å². The van der Waals surface area contributed by atoms with Crippen LogP contribution in [0.4, 0.5) is 0 Å². The third kappa shape index (κ3) is 1270. The van der Waals surface area contributed by atoms with Crippen molar-refractivity contribution < 1.29 is 19.8 Å². The second-order valence-electron chi connectivity index (χ2n) is 0.983. The van der Waals surface area contributed by atoms with Gasteiger partial charge < -0.3 is 19.8 Å². The Kier molecular flexibility index (Phi) is 36.6. The molecule has 0 unspecified atom stereocenters. The van der Waals surface area contributed by atoms with E-state index in [1.54, 1.807) is 0 Å². The number of hydrogen-bond acceptors (Lipinski definition) is 4. The Morgan fingerprint density at radius 2 is 1.00 bits per heavy atom. The standard InChI is InChI=1S/2C2H4O2.Ca.P/c2*1-2(3)4;;/h2*1H3,(H,3,4);;/q;;+2;/p-2. The Labute approximate surface area is 92.6 Å². The summed E-state index contributed by atoms with van der Waals surface area (Å²) in [5.74, 6) is -2.17. The van der Waals surface area contributed by atoms with Crippen LogP contribution in [-0.2, 0) is 9.59 Å². The van der Waals surface area contributed by atoms with E-state index >= 15 is 0 Å². The summed E-state index contributed by atoms with van der Waals surface area (Å²) in [4.78, 5) is 17.8. The molecule has 0 spiro atoms. The van der Waals surface area contributed by atoms with Crippen LogP contribution in [0.15, 0.2) is 0 Å². The van der Waals surface area contributed by atoms with Gasteiger partial charge in [-0.05, 0) is 13.8 Å². The zero-order valence-corrected chi connectivity index (χ0v) is 8.89. The van der Waals surface area contributed by atoms with Gasteiger partial charge in [0.25, 0.3) is 0 Å². The normalized spacial score (nSPS) is 5.00. The molecule has 0 aromatic carbocycles. The maximum absolute atomic E-state index is 8.89. The van der Waals surface area contributed by atoms with Gasteiger partial charge >= 0.3 is 37.7 Å². The van der Waals surface area contributed by atoms with Crippen LogP contribution >= 0.6 is 9.90 Å². The van der Waals surface area contributed by atoms with Gasteiger partial charge in [0.1, 0.15) is 0 Å². The van der Waals surface area contributed by atoms with E-state index in [1.165, 1.54) is 0 Å². The number of hydrogen-bond donors (Lipinski definition) is 0. The van der Waals surface area contributed by atoms with Crippen LogP contribution in [0.1, 0.15) is 13.8 Å². The number of aliphatic carboxylic acids is 2. The fourth-order valence-corrected chi connectivity index (χ4v) is 0. The van der Waals surface area contributed by atoms with Crippen molar-refractivity contribution in [3.63, 3.8) is 0 Å². The quantitative estimate of drug-likeness (QED) is 0.326. The summed E-state index contributed by atoms with van der Waals surface area (Å²) in [7, 11) is 0. The molecule has 0 saturated heterocycles. The minimum atomic E-state index is -1.08. The van der Waals surface area contributed by atoms with Gasteiger partial charge in [0.05, 0.1) is 0 Å². The molecular weight excluding hydrogens is 183 g/mol. The first kappa shape index (κ1) is 22.4. The molecule has 0 heterocycles. The summed E-state index contributed by atoms with van der Waals surface area (Å²) in [5, 5.41) is 17.8. The molecule has 0 aliphatic carbocycles. The molecular formula is C4H6CaO4P. The van der Waals surface area contributed by atoms with E-state index in [-0.39, 0.29) is 47.6 Å². The topological polar surface area (TPSA) is 80.3 Å². The van der Waals surface area contributed by atoms with Crippen LogP contribution < -0.4 is 10.2 Å². The summed E-state index contributed by atoms with van der Waals surface area (Å²) >= 11 is 0. The summed E-state index contributed by atoms with van der Waals surface area (Å²) in [6.07, 6.45) is 0. The van der Waals surface area contributed by atoms with Gasteiger partial charge in [-0.25, -0.2) is 0 Å². The third-order valence-corrected chi connectivity index (χ3v) is 0. The second kappa shape index (κ2) is 16.3. The molecule has 6 heteroatoms. The van der Waals surface area contributed by atoms with Crippen molar-refractivity contribution in [3.8, 4) is 0 Å². The van der Waals surface area contributed by atoms with Crippen LogP contribution in [0.25, 0.3) is 0 Å². The molecule has 4 nitrogen and oxygen atoms in total. The smallest absolute Gasteiger partial charge is 0.550 e. The zero-order valence-electron chi connectivity index (χ0n) is 5.79. The van der Waals surface area contributed by atoms with Crippen molar-refractivity contribution in [2.24, 2.45) is 0 Å².